The van der Waals surface area contributed by atoms with E-state index in [0.717, 1.165) is 5.70 Å². The van der Waals surface area contributed by atoms with Gasteiger partial charge in [0.25, 0.3) is 0 Å². The number of aryl methyl sites for hydroxylation is 3. The van der Waals surface area contributed by atoms with Crippen molar-refractivity contribution in [1.29, 1.82) is 0 Å². The first-order valence-electron chi connectivity index (χ1n) is 12.0. The van der Waals surface area contributed by atoms with Crippen LogP contribution in [0.25, 0.3) is 16.1 Å². The number of benzene rings is 1. The molecule has 0 radical (unpaired) electrons. The molecule has 0 atom stereocenters. The van der Waals surface area contributed by atoms with Gasteiger partial charge in [-0.05, 0) is 84.0 Å². The summed E-state index contributed by atoms with van der Waals surface area (Å²) in [7, 11) is 0. The number of rotatable bonds is 6. The highest BCUT2D eigenvalue weighted by Gasteiger charge is 2.32. The van der Waals surface area contributed by atoms with Crippen LogP contribution in [0.4, 0.5) is 0 Å². The van der Waals surface area contributed by atoms with E-state index in [-0.39, 0.29) is 6.85 Å². The molecule has 0 N–H and O–H groups in total. The fourth-order valence-electron chi connectivity index (χ4n) is 5.25. The molecule has 176 valence electrons. The summed E-state index contributed by atoms with van der Waals surface area (Å²) in [5.41, 5.74) is 9.74. The number of aliphatic imine (C=N–C) groups is 1. The predicted molar refractivity (Wildman–Crippen MR) is 161 cm³/mol. The van der Waals surface area contributed by atoms with Gasteiger partial charge in [0.1, 0.15) is 0 Å². The monoisotopic (exact) mass is 520 g/mol. The lowest BCUT2D eigenvalue weighted by molar-refractivity contribution is 1.17. The van der Waals surface area contributed by atoms with Crippen molar-refractivity contribution >= 4 is 62.2 Å². The zero-order valence-electron chi connectivity index (χ0n) is 20.4. The third kappa shape index (κ3) is 4.09. The lowest BCUT2D eigenvalue weighted by Crippen LogP contribution is -2.47. The Balaban J connectivity index is 1.70. The molecular formula is C30H25BN2S3. The van der Waals surface area contributed by atoms with E-state index in [1.807, 2.05) is 35.0 Å². The topological polar surface area (TPSA) is 17.3 Å². The number of aromatic nitrogens is 1. The summed E-state index contributed by atoms with van der Waals surface area (Å²) < 4.78 is 5.21. The normalized spacial score (nSPS) is 14.1. The van der Waals surface area contributed by atoms with Crippen LogP contribution < -0.4 is 9.55 Å². The highest BCUT2D eigenvalue weighted by atomic mass is 32.1. The lowest BCUT2D eigenvalue weighted by atomic mass is 9.58. The molecule has 0 bridgehead atoms. The molecule has 6 heteroatoms. The Morgan fingerprint density at radius 1 is 0.806 bits per heavy atom. The van der Waals surface area contributed by atoms with Crippen LogP contribution >= 0.6 is 34.0 Å². The Hall–Kier alpha value is -3.19. The lowest BCUT2D eigenvalue weighted by Gasteiger charge is -2.24. The second-order valence-corrected chi connectivity index (χ2v) is 12.0. The fourth-order valence-corrected chi connectivity index (χ4v) is 7.74. The van der Waals surface area contributed by atoms with Gasteiger partial charge in [0.05, 0.1) is 5.70 Å². The van der Waals surface area contributed by atoms with Gasteiger partial charge < -0.3 is 4.48 Å². The van der Waals surface area contributed by atoms with Gasteiger partial charge in [0, 0.05) is 37.6 Å². The van der Waals surface area contributed by atoms with Crippen molar-refractivity contribution in [2.75, 3.05) is 0 Å². The Morgan fingerprint density at radius 3 is 2.03 bits per heavy atom. The van der Waals surface area contributed by atoms with Crippen LogP contribution in [-0.2, 0) is 0 Å². The van der Waals surface area contributed by atoms with Crippen molar-refractivity contribution < 1.29 is 0 Å². The first-order valence-corrected chi connectivity index (χ1v) is 14.6. The van der Waals surface area contributed by atoms with Gasteiger partial charge >= 0.3 is 6.85 Å². The van der Waals surface area contributed by atoms with E-state index < -0.39 is 0 Å². The number of hydrogen-bond donors (Lipinski definition) is 0. The zero-order valence-corrected chi connectivity index (χ0v) is 22.9. The molecular weight excluding hydrogens is 495 g/mol. The molecule has 0 fully saturated rings. The average Bonchev–Trinajstić information content (AvgIpc) is 3.67. The maximum Gasteiger partial charge on any atom is 0.349 e. The first kappa shape index (κ1) is 23.2. The number of nitrogens with zero attached hydrogens (tertiary/aromatic N) is 2. The first-order chi connectivity index (χ1) is 17.6. The summed E-state index contributed by atoms with van der Waals surface area (Å²) in [5, 5.41) is 6.53. The van der Waals surface area contributed by atoms with Crippen LogP contribution in [0, 0.1) is 20.8 Å². The molecule has 0 unspecified atom stereocenters. The van der Waals surface area contributed by atoms with Gasteiger partial charge in [-0.3, -0.25) is 4.99 Å². The molecule has 2 nitrogen and oxygen atoms in total. The Kier molecular flexibility index (Phi) is 6.26. The van der Waals surface area contributed by atoms with Crippen LogP contribution in [0.2, 0.25) is 0 Å². The minimum absolute atomic E-state index is 0.0862. The summed E-state index contributed by atoms with van der Waals surface area (Å²) in [6, 6.07) is 22.4. The summed E-state index contributed by atoms with van der Waals surface area (Å²) in [4.78, 5) is 6.10. The smallest absolute Gasteiger partial charge is 0.349 e. The molecule has 0 saturated heterocycles. The minimum Gasteiger partial charge on any atom is -0.374 e. The third-order valence-electron chi connectivity index (χ3n) is 6.57. The highest BCUT2D eigenvalue weighted by Crippen LogP contribution is 2.38. The van der Waals surface area contributed by atoms with E-state index in [4.69, 9.17) is 4.99 Å². The molecule has 0 amide bonds. The van der Waals surface area contributed by atoms with E-state index >= 15 is 0 Å². The largest absolute Gasteiger partial charge is 0.374 e. The summed E-state index contributed by atoms with van der Waals surface area (Å²) in [6.07, 6.45) is 6.08. The van der Waals surface area contributed by atoms with Gasteiger partial charge in [-0.25, -0.2) is 0 Å². The SMILES string of the molecule is Cc1cc(C)c(/C(=C2/C=CC=N2)c2ccc(-c3cccs3)n2B(c2cccs2)c2cccs2)c(C)c1. The van der Waals surface area contributed by atoms with E-state index in [9.17, 15) is 0 Å². The maximum absolute atomic E-state index is 4.83. The Morgan fingerprint density at radius 2 is 1.47 bits per heavy atom. The van der Waals surface area contributed by atoms with Crippen molar-refractivity contribution in [3.8, 4) is 10.6 Å². The molecule has 0 spiro atoms. The minimum atomic E-state index is 0.0862. The number of thiophene rings is 3. The number of allylic oxidation sites excluding steroid dienone is 2. The highest BCUT2D eigenvalue weighted by molar-refractivity contribution is 7.30. The van der Waals surface area contributed by atoms with Crippen LogP contribution in [0.15, 0.2) is 99.6 Å². The van der Waals surface area contributed by atoms with E-state index in [1.54, 1.807) is 11.3 Å². The maximum atomic E-state index is 4.83. The second kappa shape index (κ2) is 9.70. The third-order valence-corrected chi connectivity index (χ3v) is 9.31. The fraction of sp³-hybridized carbons (Fsp3) is 0.100. The van der Waals surface area contributed by atoms with E-state index in [1.165, 1.54) is 53.6 Å². The summed E-state index contributed by atoms with van der Waals surface area (Å²) in [5.74, 6) is 0. The van der Waals surface area contributed by atoms with Crippen molar-refractivity contribution in [2.24, 2.45) is 4.99 Å². The molecule has 4 aromatic heterocycles. The Bertz CT molecular complexity index is 1530. The molecule has 0 aliphatic carbocycles. The zero-order chi connectivity index (χ0) is 24.6. The molecule has 36 heavy (non-hydrogen) atoms. The summed E-state index contributed by atoms with van der Waals surface area (Å²) in [6.45, 7) is 6.71. The molecule has 0 saturated carbocycles. The van der Waals surface area contributed by atoms with E-state index in [0.29, 0.717) is 0 Å². The van der Waals surface area contributed by atoms with Gasteiger partial charge in [0.15, 0.2) is 0 Å². The van der Waals surface area contributed by atoms with Gasteiger partial charge in [-0.2, -0.15) is 22.7 Å². The molecule has 5 aromatic rings. The molecule has 5 heterocycles. The summed E-state index contributed by atoms with van der Waals surface area (Å²) >= 11 is 5.43. The van der Waals surface area contributed by atoms with Gasteiger partial charge in [0.2, 0.25) is 0 Å². The van der Waals surface area contributed by atoms with Crippen LogP contribution in [-0.4, -0.2) is 17.5 Å². The van der Waals surface area contributed by atoms with Crippen LogP contribution in [0.1, 0.15) is 27.9 Å². The van der Waals surface area contributed by atoms with E-state index in [2.05, 4.69) is 108 Å². The quantitative estimate of drug-likeness (QED) is 0.209. The van der Waals surface area contributed by atoms with Gasteiger partial charge in [-0.15, -0.1) is 11.3 Å². The Labute approximate surface area is 224 Å². The van der Waals surface area contributed by atoms with Crippen molar-refractivity contribution in [3.63, 3.8) is 0 Å². The number of hydrogen-bond acceptors (Lipinski definition) is 4. The standard InChI is InChI=1S/C30H25BN2S3/c1-20-18-21(2)29(22(3)19-20)30(23-8-4-14-32-23)25-13-12-24(26-9-5-15-34-26)33(25)31(27-10-6-16-35-27)28-11-7-17-36-28/h4-19H,1-3H3/b30-23-. The van der Waals surface area contributed by atoms with Crippen LogP contribution in [0.3, 0.4) is 0 Å². The predicted octanol–water partition coefficient (Wildman–Crippen LogP) is 7.32. The molecule has 1 aliphatic rings. The average molecular weight is 521 g/mol. The second-order valence-electron chi connectivity index (χ2n) is 9.06. The van der Waals surface area contributed by atoms with Crippen molar-refractivity contribution in [2.45, 2.75) is 20.8 Å². The molecule has 1 aliphatic heterocycles. The molecule has 6 rings (SSSR count). The molecule has 1 aromatic carbocycles. The van der Waals surface area contributed by atoms with Crippen molar-refractivity contribution in [3.05, 3.63) is 123 Å². The van der Waals surface area contributed by atoms with Crippen molar-refractivity contribution in [1.82, 2.24) is 4.48 Å². The van der Waals surface area contributed by atoms with Gasteiger partial charge in [-0.1, -0.05) is 48.0 Å². The van der Waals surface area contributed by atoms with Crippen LogP contribution in [0.5, 0.6) is 0 Å².